The highest BCUT2D eigenvalue weighted by molar-refractivity contribution is 7.91. The summed E-state index contributed by atoms with van der Waals surface area (Å²) >= 11 is 1.22. The molecule has 0 bridgehead atoms. The highest BCUT2D eigenvalue weighted by Crippen LogP contribution is 2.22. The molecule has 114 valence electrons. The van der Waals surface area contributed by atoms with Crippen molar-refractivity contribution in [1.82, 2.24) is 9.62 Å². The van der Waals surface area contributed by atoms with E-state index in [1.165, 1.54) is 37.0 Å². The topological polar surface area (TPSA) is 75.4 Å². The van der Waals surface area contributed by atoms with Gasteiger partial charge in [-0.15, -0.1) is 11.3 Å². The molecule has 1 aromatic rings. The van der Waals surface area contributed by atoms with E-state index >= 15 is 0 Å². The monoisotopic (exact) mass is 317 g/mol. The Balaban J connectivity index is 1.83. The maximum atomic E-state index is 12.1. The molecule has 1 fully saturated rings. The molecular formula is C13H23N3O2S2. The first-order valence-electron chi connectivity index (χ1n) is 7.00. The number of nitrogens with zero attached hydrogens (tertiary/aromatic N) is 1. The van der Waals surface area contributed by atoms with Crippen molar-refractivity contribution >= 4 is 21.4 Å². The molecular weight excluding hydrogens is 294 g/mol. The fourth-order valence-corrected chi connectivity index (χ4v) is 4.84. The van der Waals surface area contributed by atoms with Crippen LogP contribution >= 0.6 is 11.3 Å². The summed E-state index contributed by atoms with van der Waals surface area (Å²) in [5, 5.41) is 1.79. The zero-order valence-corrected chi connectivity index (χ0v) is 13.5. The van der Waals surface area contributed by atoms with Gasteiger partial charge in [0.1, 0.15) is 4.21 Å². The lowest BCUT2D eigenvalue weighted by Crippen LogP contribution is -2.37. The van der Waals surface area contributed by atoms with Crippen molar-refractivity contribution in [3.05, 3.63) is 17.0 Å². The van der Waals surface area contributed by atoms with Crippen molar-refractivity contribution < 1.29 is 8.42 Å². The Morgan fingerprint density at radius 1 is 1.45 bits per heavy atom. The molecule has 1 saturated carbocycles. The lowest BCUT2D eigenvalue weighted by atomic mass is 10.2. The molecule has 1 aliphatic rings. The van der Waals surface area contributed by atoms with Crippen molar-refractivity contribution in [3.8, 4) is 0 Å². The van der Waals surface area contributed by atoms with E-state index in [-0.39, 0.29) is 0 Å². The molecule has 1 heterocycles. The van der Waals surface area contributed by atoms with Gasteiger partial charge in [-0.05, 0) is 36.9 Å². The average molecular weight is 317 g/mol. The molecule has 1 aromatic heterocycles. The van der Waals surface area contributed by atoms with Gasteiger partial charge in [-0.25, -0.2) is 13.1 Å². The summed E-state index contributed by atoms with van der Waals surface area (Å²) in [6.45, 7) is 1.57. The Kier molecular flexibility index (Phi) is 5.57. The van der Waals surface area contributed by atoms with E-state index in [1.807, 2.05) is 0 Å². The Bertz CT molecular complexity index is 521. The highest BCUT2D eigenvalue weighted by Gasteiger charge is 2.20. The van der Waals surface area contributed by atoms with Crippen LogP contribution < -0.4 is 10.5 Å². The van der Waals surface area contributed by atoms with Gasteiger partial charge in [0.15, 0.2) is 0 Å². The number of sulfonamides is 1. The quantitative estimate of drug-likeness (QED) is 0.796. The van der Waals surface area contributed by atoms with E-state index in [9.17, 15) is 8.42 Å². The van der Waals surface area contributed by atoms with Crippen LogP contribution in [-0.2, 0) is 16.6 Å². The first kappa shape index (κ1) is 15.9. The summed E-state index contributed by atoms with van der Waals surface area (Å²) in [7, 11) is -1.31. The standard InChI is InChI=1S/C13H23N3O2S2/c1-16(12-4-2-3-5-12)7-6-15-20(17,18)13-8-11(9-14)10-19-13/h8,10,12,15H,2-7,9,14H2,1H3. The average Bonchev–Trinajstić information content (AvgIpc) is 3.10. The lowest BCUT2D eigenvalue weighted by Gasteiger charge is -2.23. The predicted octanol–water partition coefficient (Wildman–Crippen LogP) is 1.36. The van der Waals surface area contributed by atoms with Gasteiger partial charge in [-0.2, -0.15) is 0 Å². The predicted molar refractivity (Wildman–Crippen MR) is 82.3 cm³/mol. The molecule has 0 aromatic carbocycles. The van der Waals surface area contributed by atoms with Crippen LogP contribution in [0.1, 0.15) is 31.2 Å². The van der Waals surface area contributed by atoms with Gasteiger partial charge in [-0.1, -0.05) is 12.8 Å². The van der Waals surface area contributed by atoms with Crippen molar-refractivity contribution in [2.75, 3.05) is 20.1 Å². The fraction of sp³-hybridized carbons (Fsp3) is 0.692. The van der Waals surface area contributed by atoms with Crippen LogP contribution in [0, 0.1) is 0 Å². The summed E-state index contributed by atoms with van der Waals surface area (Å²) in [6.07, 6.45) is 5.04. The first-order valence-corrected chi connectivity index (χ1v) is 9.36. The third-order valence-corrected chi connectivity index (χ3v) is 6.78. The number of hydrogen-bond acceptors (Lipinski definition) is 5. The van der Waals surface area contributed by atoms with Crippen molar-refractivity contribution in [2.24, 2.45) is 5.73 Å². The molecule has 3 N–H and O–H groups in total. The van der Waals surface area contributed by atoms with Gasteiger partial charge in [0.05, 0.1) is 0 Å². The fourth-order valence-electron chi connectivity index (χ4n) is 2.56. The zero-order chi connectivity index (χ0) is 14.6. The minimum absolute atomic E-state index is 0.349. The normalized spacial score (nSPS) is 17.1. The maximum absolute atomic E-state index is 12.1. The summed E-state index contributed by atoms with van der Waals surface area (Å²) in [4.78, 5) is 2.26. The van der Waals surface area contributed by atoms with E-state index in [0.29, 0.717) is 23.3 Å². The third kappa shape index (κ3) is 4.02. The number of nitrogens with one attached hydrogen (secondary N) is 1. The SMILES string of the molecule is CN(CCNS(=O)(=O)c1cc(CN)cs1)C1CCCC1. The second kappa shape index (κ2) is 7.00. The van der Waals surface area contributed by atoms with Gasteiger partial charge in [0, 0.05) is 25.7 Å². The second-order valence-electron chi connectivity index (χ2n) is 5.29. The zero-order valence-electron chi connectivity index (χ0n) is 11.8. The van der Waals surface area contributed by atoms with Crippen molar-refractivity contribution in [3.63, 3.8) is 0 Å². The number of thiophene rings is 1. The molecule has 7 heteroatoms. The number of hydrogen-bond donors (Lipinski definition) is 2. The molecule has 0 aliphatic heterocycles. The summed E-state index contributed by atoms with van der Waals surface area (Å²) in [6, 6.07) is 2.26. The maximum Gasteiger partial charge on any atom is 0.250 e. The van der Waals surface area contributed by atoms with E-state index < -0.39 is 10.0 Å². The Labute approximate surface area is 125 Å². The van der Waals surface area contributed by atoms with E-state index in [2.05, 4.69) is 16.7 Å². The molecule has 20 heavy (non-hydrogen) atoms. The molecule has 2 rings (SSSR count). The molecule has 0 atom stereocenters. The van der Waals surface area contributed by atoms with Gasteiger partial charge in [-0.3, -0.25) is 0 Å². The Hall–Kier alpha value is -0.470. The van der Waals surface area contributed by atoms with Gasteiger partial charge in [0.2, 0.25) is 10.0 Å². The van der Waals surface area contributed by atoms with E-state index in [1.54, 1.807) is 11.4 Å². The molecule has 0 spiro atoms. The summed E-state index contributed by atoms with van der Waals surface area (Å²) in [5.74, 6) is 0. The third-order valence-electron chi connectivity index (χ3n) is 3.83. The van der Waals surface area contributed by atoms with Crippen LogP contribution in [-0.4, -0.2) is 39.5 Å². The largest absolute Gasteiger partial charge is 0.326 e. The van der Waals surface area contributed by atoms with Crippen LogP contribution in [0.15, 0.2) is 15.7 Å². The number of nitrogens with two attached hydrogens (primary N) is 1. The molecule has 1 aliphatic carbocycles. The Morgan fingerprint density at radius 2 is 2.15 bits per heavy atom. The van der Waals surface area contributed by atoms with Gasteiger partial charge in [0.25, 0.3) is 0 Å². The minimum atomic E-state index is -3.38. The molecule has 5 nitrogen and oxygen atoms in total. The Morgan fingerprint density at radius 3 is 2.75 bits per heavy atom. The minimum Gasteiger partial charge on any atom is -0.326 e. The van der Waals surface area contributed by atoms with E-state index in [0.717, 1.165) is 12.1 Å². The second-order valence-corrected chi connectivity index (χ2v) is 8.20. The van der Waals surface area contributed by atoms with Crippen LogP contribution in [0.25, 0.3) is 0 Å². The molecule has 0 unspecified atom stereocenters. The molecule has 0 saturated heterocycles. The lowest BCUT2D eigenvalue weighted by molar-refractivity contribution is 0.250. The number of likely N-dealkylation sites (N-methyl/N-ethyl adjacent to an activating group) is 1. The smallest absolute Gasteiger partial charge is 0.250 e. The van der Waals surface area contributed by atoms with Crippen LogP contribution in [0.2, 0.25) is 0 Å². The van der Waals surface area contributed by atoms with Crippen molar-refractivity contribution in [2.45, 2.75) is 42.5 Å². The first-order chi connectivity index (χ1) is 9.53. The van der Waals surface area contributed by atoms with E-state index in [4.69, 9.17) is 5.73 Å². The highest BCUT2D eigenvalue weighted by atomic mass is 32.2. The van der Waals surface area contributed by atoms with Crippen LogP contribution in [0.3, 0.4) is 0 Å². The van der Waals surface area contributed by atoms with Crippen LogP contribution in [0.5, 0.6) is 0 Å². The number of rotatable bonds is 7. The molecule has 0 radical (unpaired) electrons. The van der Waals surface area contributed by atoms with Crippen LogP contribution in [0.4, 0.5) is 0 Å². The van der Waals surface area contributed by atoms with Crippen molar-refractivity contribution in [1.29, 1.82) is 0 Å². The van der Waals surface area contributed by atoms with Gasteiger partial charge >= 0.3 is 0 Å². The summed E-state index contributed by atoms with van der Waals surface area (Å²) < 4.78 is 27.2. The molecule has 0 amide bonds. The van der Waals surface area contributed by atoms with Gasteiger partial charge < -0.3 is 10.6 Å². The summed E-state index contributed by atoms with van der Waals surface area (Å²) in [5.41, 5.74) is 6.36.